The second kappa shape index (κ2) is 4.99. The summed E-state index contributed by atoms with van der Waals surface area (Å²) in [6, 6.07) is 1.96. The van der Waals surface area contributed by atoms with Crippen LogP contribution in [0.1, 0.15) is 40.6 Å². The first-order valence-electron chi connectivity index (χ1n) is 6.76. The second-order valence-electron chi connectivity index (χ2n) is 5.21. The van der Waals surface area contributed by atoms with Crippen LogP contribution in [0.4, 0.5) is 5.69 Å². The Balaban J connectivity index is 1.77. The number of likely N-dealkylation sites (tertiary alicyclic amines) is 1. The highest BCUT2D eigenvalue weighted by molar-refractivity contribution is 5.97. The van der Waals surface area contributed by atoms with Gasteiger partial charge in [-0.1, -0.05) is 0 Å². The van der Waals surface area contributed by atoms with Crippen molar-refractivity contribution in [3.8, 4) is 0 Å². The van der Waals surface area contributed by atoms with Gasteiger partial charge in [0.15, 0.2) is 5.69 Å². The summed E-state index contributed by atoms with van der Waals surface area (Å²) < 4.78 is 0. The molecule has 106 valence electrons. The third-order valence-electron chi connectivity index (χ3n) is 3.87. The lowest BCUT2D eigenvalue weighted by Crippen LogP contribution is -2.39. The zero-order valence-corrected chi connectivity index (χ0v) is 11.4. The third kappa shape index (κ3) is 2.15. The average Bonchev–Trinajstić information content (AvgIpc) is 3.10. The van der Waals surface area contributed by atoms with E-state index in [1.807, 2.05) is 17.9 Å². The van der Waals surface area contributed by atoms with Crippen LogP contribution in [0, 0.1) is 6.92 Å². The summed E-state index contributed by atoms with van der Waals surface area (Å²) in [5.74, 6) is 0.201. The number of nitrogens with one attached hydrogen (secondary N) is 2. The smallest absolute Gasteiger partial charge is 0.276 e. The number of anilines is 1. The fourth-order valence-electron chi connectivity index (χ4n) is 2.66. The molecule has 3 rings (SSSR count). The normalized spacial score (nSPS) is 19.2. The van der Waals surface area contributed by atoms with Crippen LogP contribution in [0.15, 0.2) is 12.3 Å². The van der Waals surface area contributed by atoms with Gasteiger partial charge in [0.25, 0.3) is 5.91 Å². The lowest BCUT2D eigenvalue weighted by atomic mass is 9.94. The summed E-state index contributed by atoms with van der Waals surface area (Å²) in [6.07, 6.45) is 3.77. The van der Waals surface area contributed by atoms with Gasteiger partial charge >= 0.3 is 0 Å². The number of aromatic amines is 2. The Morgan fingerprint density at radius 2 is 2.35 bits per heavy atom. The molecule has 0 spiro atoms. The van der Waals surface area contributed by atoms with E-state index >= 15 is 0 Å². The van der Waals surface area contributed by atoms with Crippen molar-refractivity contribution in [1.82, 2.24) is 25.3 Å². The predicted molar refractivity (Wildman–Crippen MR) is 74.2 cm³/mol. The molecule has 20 heavy (non-hydrogen) atoms. The van der Waals surface area contributed by atoms with Gasteiger partial charge in [0.05, 0.1) is 11.4 Å². The van der Waals surface area contributed by atoms with Gasteiger partial charge in [-0.2, -0.15) is 10.2 Å². The van der Waals surface area contributed by atoms with E-state index in [4.69, 9.17) is 5.73 Å². The minimum absolute atomic E-state index is 0.101. The van der Waals surface area contributed by atoms with Crippen molar-refractivity contribution < 1.29 is 4.79 Å². The molecular weight excluding hydrogens is 256 g/mol. The Hall–Kier alpha value is -2.31. The maximum absolute atomic E-state index is 12.5. The number of carbonyl (C=O) groups excluding carboxylic acids is 1. The minimum atomic E-state index is -0.101. The molecule has 1 atom stereocenters. The van der Waals surface area contributed by atoms with E-state index < -0.39 is 0 Å². The second-order valence-corrected chi connectivity index (χ2v) is 5.21. The van der Waals surface area contributed by atoms with E-state index in [-0.39, 0.29) is 5.91 Å². The van der Waals surface area contributed by atoms with Crippen LogP contribution in [-0.2, 0) is 0 Å². The molecule has 1 aliphatic heterocycles. The molecule has 2 aromatic rings. The fraction of sp³-hybridized carbons (Fsp3) is 0.462. The van der Waals surface area contributed by atoms with E-state index in [2.05, 4.69) is 20.4 Å². The summed E-state index contributed by atoms with van der Waals surface area (Å²) >= 11 is 0. The number of hydrogen-bond donors (Lipinski definition) is 3. The van der Waals surface area contributed by atoms with Crippen molar-refractivity contribution >= 4 is 11.6 Å². The molecule has 2 aromatic heterocycles. The molecule has 7 nitrogen and oxygen atoms in total. The van der Waals surface area contributed by atoms with Crippen molar-refractivity contribution in [2.24, 2.45) is 0 Å². The molecule has 0 aliphatic carbocycles. The number of rotatable bonds is 2. The van der Waals surface area contributed by atoms with Crippen LogP contribution < -0.4 is 5.73 Å². The van der Waals surface area contributed by atoms with E-state index in [0.29, 0.717) is 23.8 Å². The SMILES string of the molecule is Cc1[nH]nc(C(=O)N2CCCC(c3ccn[nH]3)C2)c1N. The summed E-state index contributed by atoms with van der Waals surface area (Å²) in [6.45, 7) is 3.23. The quantitative estimate of drug-likeness (QED) is 0.761. The number of hydrogen-bond acceptors (Lipinski definition) is 4. The Kier molecular flexibility index (Phi) is 3.17. The summed E-state index contributed by atoms with van der Waals surface area (Å²) in [7, 11) is 0. The van der Waals surface area contributed by atoms with Gasteiger partial charge in [-0.3, -0.25) is 15.0 Å². The van der Waals surface area contributed by atoms with Crippen molar-refractivity contribution in [3.63, 3.8) is 0 Å². The number of piperidine rings is 1. The van der Waals surface area contributed by atoms with Crippen molar-refractivity contribution in [2.45, 2.75) is 25.7 Å². The minimum Gasteiger partial charge on any atom is -0.395 e. The third-order valence-corrected chi connectivity index (χ3v) is 3.87. The molecule has 7 heteroatoms. The highest BCUT2D eigenvalue weighted by Gasteiger charge is 2.28. The van der Waals surface area contributed by atoms with Gasteiger partial charge in [-0.25, -0.2) is 0 Å². The van der Waals surface area contributed by atoms with Crippen molar-refractivity contribution in [2.75, 3.05) is 18.8 Å². The van der Waals surface area contributed by atoms with Crippen molar-refractivity contribution in [3.05, 3.63) is 29.3 Å². The van der Waals surface area contributed by atoms with Crippen LogP contribution in [-0.4, -0.2) is 44.3 Å². The zero-order valence-electron chi connectivity index (χ0n) is 11.4. The molecule has 0 bridgehead atoms. The van der Waals surface area contributed by atoms with E-state index in [0.717, 1.165) is 30.8 Å². The highest BCUT2D eigenvalue weighted by atomic mass is 16.2. The van der Waals surface area contributed by atoms with E-state index in [1.54, 1.807) is 6.20 Å². The Morgan fingerprint density at radius 3 is 3.00 bits per heavy atom. The number of nitrogens with zero attached hydrogens (tertiary/aromatic N) is 3. The molecule has 1 saturated heterocycles. The molecule has 1 fully saturated rings. The van der Waals surface area contributed by atoms with Crippen LogP contribution in [0.25, 0.3) is 0 Å². The summed E-state index contributed by atoms with van der Waals surface area (Å²) in [5, 5.41) is 13.7. The molecule has 3 heterocycles. The average molecular weight is 274 g/mol. The van der Waals surface area contributed by atoms with Gasteiger partial charge < -0.3 is 10.6 Å². The number of aryl methyl sites for hydroxylation is 1. The maximum atomic E-state index is 12.5. The van der Waals surface area contributed by atoms with Gasteiger partial charge in [-0.15, -0.1) is 0 Å². The maximum Gasteiger partial charge on any atom is 0.276 e. The number of nitrogens with two attached hydrogens (primary N) is 1. The monoisotopic (exact) mass is 274 g/mol. The topological polar surface area (TPSA) is 104 Å². The Bertz CT molecular complexity index is 602. The van der Waals surface area contributed by atoms with E-state index in [1.165, 1.54) is 0 Å². The molecule has 0 aromatic carbocycles. The number of aromatic nitrogens is 4. The van der Waals surface area contributed by atoms with Gasteiger partial charge in [0.2, 0.25) is 0 Å². The van der Waals surface area contributed by atoms with E-state index in [9.17, 15) is 4.79 Å². The molecule has 0 radical (unpaired) electrons. The van der Waals surface area contributed by atoms with Crippen LogP contribution in [0.5, 0.6) is 0 Å². The molecule has 1 aliphatic rings. The Labute approximate surface area is 116 Å². The lowest BCUT2D eigenvalue weighted by Gasteiger charge is -2.31. The van der Waals surface area contributed by atoms with Crippen LogP contribution in [0.3, 0.4) is 0 Å². The summed E-state index contributed by atoms with van der Waals surface area (Å²) in [4.78, 5) is 14.3. The first-order valence-corrected chi connectivity index (χ1v) is 6.76. The standard InChI is InChI=1S/C13H18N6O/c1-8-11(14)12(18-16-8)13(20)19-6-2-3-9(7-19)10-4-5-15-17-10/h4-5,9H,2-3,6-7,14H2,1H3,(H,15,17)(H,16,18). The Morgan fingerprint density at radius 1 is 1.50 bits per heavy atom. The molecule has 4 N–H and O–H groups in total. The number of nitrogen functional groups attached to an aromatic ring is 1. The van der Waals surface area contributed by atoms with Gasteiger partial charge in [-0.05, 0) is 25.8 Å². The number of amides is 1. The number of carbonyl (C=O) groups is 1. The van der Waals surface area contributed by atoms with Crippen molar-refractivity contribution in [1.29, 1.82) is 0 Å². The fourth-order valence-corrected chi connectivity index (χ4v) is 2.66. The van der Waals surface area contributed by atoms with Crippen LogP contribution in [0.2, 0.25) is 0 Å². The van der Waals surface area contributed by atoms with Gasteiger partial charge in [0.1, 0.15) is 0 Å². The number of H-pyrrole nitrogens is 2. The molecule has 1 unspecified atom stereocenters. The highest BCUT2D eigenvalue weighted by Crippen LogP contribution is 2.27. The predicted octanol–water partition coefficient (Wildman–Crippen LogP) is 1.04. The molecule has 0 saturated carbocycles. The van der Waals surface area contributed by atoms with Gasteiger partial charge in [0, 0.05) is 30.9 Å². The molecular formula is C13H18N6O. The lowest BCUT2D eigenvalue weighted by molar-refractivity contribution is 0.0701. The first-order chi connectivity index (χ1) is 9.66. The summed E-state index contributed by atoms with van der Waals surface area (Å²) in [5.41, 5.74) is 8.46. The molecule has 1 amide bonds. The first kappa shape index (κ1) is 12.7. The van der Waals surface area contributed by atoms with Crippen LogP contribution >= 0.6 is 0 Å². The largest absolute Gasteiger partial charge is 0.395 e. The zero-order chi connectivity index (χ0) is 14.1.